The van der Waals surface area contributed by atoms with Gasteiger partial charge < -0.3 is 5.11 Å². The van der Waals surface area contributed by atoms with Crippen molar-refractivity contribution in [2.75, 3.05) is 0 Å². The van der Waals surface area contributed by atoms with E-state index in [1.54, 1.807) is 0 Å². The molecule has 7 nitrogen and oxygen atoms in total. The second-order valence-electron chi connectivity index (χ2n) is 2.12. The number of carbonyl (C=O) groups is 1. The van der Waals surface area contributed by atoms with Crippen LogP contribution in [0, 0.1) is 0 Å². The zero-order valence-electron chi connectivity index (χ0n) is 6.18. The van der Waals surface area contributed by atoms with Crippen LogP contribution in [-0.2, 0) is 11.3 Å². The van der Waals surface area contributed by atoms with Crippen LogP contribution in [0.3, 0.4) is 0 Å². The number of aromatic amines is 1. The van der Waals surface area contributed by atoms with Crippen molar-refractivity contribution in [3.05, 3.63) is 20.7 Å². The van der Waals surface area contributed by atoms with E-state index in [0.717, 1.165) is 0 Å². The van der Waals surface area contributed by atoms with E-state index in [4.69, 9.17) is 5.11 Å². The second kappa shape index (κ2) is 3.35. The van der Waals surface area contributed by atoms with Crippen molar-refractivity contribution in [3.8, 4) is 0 Å². The Morgan fingerprint density at radius 3 is 2.77 bits per heavy atom. The first kappa shape index (κ1) is 9.39. The van der Waals surface area contributed by atoms with Crippen molar-refractivity contribution in [3.63, 3.8) is 0 Å². The second-order valence-corrected chi connectivity index (χ2v) is 2.49. The standard InChI is InChI=1S/C5H4N3O4S/c9-2(10)1-8-4(12)3(11)6-7-5(8)13/h1H2,(H,6,11)(H,9,10). The van der Waals surface area contributed by atoms with Crippen molar-refractivity contribution in [1.29, 1.82) is 0 Å². The fourth-order valence-electron chi connectivity index (χ4n) is 0.691. The van der Waals surface area contributed by atoms with E-state index in [0.29, 0.717) is 4.57 Å². The molecule has 0 spiro atoms. The number of nitrogens with zero attached hydrogens (tertiary/aromatic N) is 2. The van der Waals surface area contributed by atoms with Gasteiger partial charge in [0, 0.05) is 0 Å². The van der Waals surface area contributed by atoms with E-state index in [1.807, 2.05) is 5.10 Å². The lowest BCUT2D eigenvalue weighted by Gasteiger charge is -2.00. The Labute approximate surface area is 76.4 Å². The van der Waals surface area contributed by atoms with Crippen LogP contribution in [-0.4, -0.2) is 25.8 Å². The molecule has 2 N–H and O–H groups in total. The monoisotopic (exact) mass is 202 g/mol. The molecule has 1 aromatic heterocycles. The molecule has 0 fully saturated rings. The number of aromatic nitrogens is 3. The Hall–Kier alpha value is -1.70. The summed E-state index contributed by atoms with van der Waals surface area (Å²) in [5, 5.41) is 13.2. The molecule has 13 heavy (non-hydrogen) atoms. The highest BCUT2D eigenvalue weighted by atomic mass is 32.1. The molecular formula is C5H4N3O4S. The number of aliphatic carboxylic acids is 1. The molecule has 0 amide bonds. The number of carboxylic acids is 1. The smallest absolute Gasteiger partial charge is 0.330 e. The molecule has 0 aliphatic rings. The van der Waals surface area contributed by atoms with Gasteiger partial charge in [-0.25, -0.2) is 5.10 Å². The molecular weight excluding hydrogens is 198 g/mol. The molecule has 69 valence electrons. The van der Waals surface area contributed by atoms with Gasteiger partial charge in [-0.2, -0.15) is 0 Å². The van der Waals surface area contributed by atoms with Crippen molar-refractivity contribution < 1.29 is 9.90 Å². The molecule has 1 rings (SSSR count). The highest BCUT2D eigenvalue weighted by molar-refractivity contribution is 7.80. The van der Waals surface area contributed by atoms with Crippen LogP contribution < -0.4 is 11.1 Å². The van der Waals surface area contributed by atoms with Crippen molar-refractivity contribution >= 4 is 18.6 Å². The summed E-state index contributed by atoms with van der Waals surface area (Å²) >= 11 is 4.54. The van der Waals surface area contributed by atoms with Crippen molar-refractivity contribution in [1.82, 2.24) is 14.8 Å². The molecule has 0 saturated carbocycles. The molecule has 1 aromatic rings. The Morgan fingerprint density at radius 2 is 2.23 bits per heavy atom. The first-order valence-corrected chi connectivity index (χ1v) is 3.51. The summed E-state index contributed by atoms with van der Waals surface area (Å²) in [6.45, 7) is -0.658. The van der Waals surface area contributed by atoms with Crippen LogP contribution >= 0.6 is 12.6 Å². The third kappa shape index (κ3) is 1.90. The largest absolute Gasteiger partial charge is 0.480 e. The van der Waals surface area contributed by atoms with Gasteiger partial charge in [0.15, 0.2) is 0 Å². The van der Waals surface area contributed by atoms with E-state index in [1.165, 1.54) is 0 Å². The number of carboxylic acid groups (broad SMARTS) is 1. The average molecular weight is 202 g/mol. The Kier molecular flexibility index (Phi) is 2.42. The molecule has 1 heterocycles. The summed E-state index contributed by atoms with van der Waals surface area (Å²) in [5.74, 6) is -1.26. The summed E-state index contributed by atoms with van der Waals surface area (Å²) in [5.41, 5.74) is -2.00. The predicted molar refractivity (Wildman–Crippen MR) is 42.6 cm³/mol. The van der Waals surface area contributed by atoms with Gasteiger partial charge in [0.2, 0.25) is 5.16 Å². The molecule has 0 aliphatic carbocycles. The Bertz CT molecular complexity index is 448. The lowest BCUT2D eigenvalue weighted by atomic mass is 10.6. The van der Waals surface area contributed by atoms with Crippen LogP contribution in [0.25, 0.3) is 0 Å². The van der Waals surface area contributed by atoms with E-state index >= 15 is 0 Å². The van der Waals surface area contributed by atoms with Gasteiger partial charge in [0.05, 0.1) is 0 Å². The zero-order chi connectivity index (χ0) is 10.0. The van der Waals surface area contributed by atoms with Crippen molar-refractivity contribution in [2.24, 2.45) is 0 Å². The first-order chi connectivity index (χ1) is 6.02. The number of rotatable bonds is 2. The highest BCUT2D eigenvalue weighted by Gasteiger charge is 2.09. The molecule has 0 aromatic carbocycles. The summed E-state index contributed by atoms with van der Waals surface area (Å²) in [6.07, 6.45) is 0. The fourth-order valence-corrected chi connectivity index (χ4v) is 0.884. The lowest BCUT2D eigenvalue weighted by Crippen LogP contribution is -2.39. The maximum absolute atomic E-state index is 11.0. The number of nitrogens with one attached hydrogen (secondary N) is 1. The average Bonchev–Trinajstić information content (AvgIpc) is 2.05. The maximum Gasteiger partial charge on any atom is 0.330 e. The minimum Gasteiger partial charge on any atom is -0.480 e. The van der Waals surface area contributed by atoms with Crippen LogP contribution in [0.2, 0.25) is 0 Å². The molecule has 0 bridgehead atoms. The molecule has 1 radical (unpaired) electrons. The maximum atomic E-state index is 11.0. The van der Waals surface area contributed by atoms with Gasteiger partial charge in [-0.05, 0) is 12.6 Å². The molecule has 8 heteroatoms. The minimum absolute atomic E-state index is 0.257. The Balaban J connectivity index is 3.34. The molecule has 0 atom stereocenters. The van der Waals surface area contributed by atoms with E-state index < -0.39 is 23.6 Å². The van der Waals surface area contributed by atoms with Gasteiger partial charge in [-0.15, -0.1) is 5.10 Å². The zero-order valence-corrected chi connectivity index (χ0v) is 7.00. The first-order valence-electron chi connectivity index (χ1n) is 3.10. The fraction of sp³-hybridized carbons (Fsp3) is 0.200. The number of hydrogen-bond acceptors (Lipinski definition) is 4. The number of H-pyrrole nitrogens is 1. The van der Waals surface area contributed by atoms with Gasteiger partial charge >= 0.3 is 17.1 Å². The lowest BCUT2D eigenvalue weighted by molar-refractivity contribution is -0.137. The minimum atomic E-state index is -1.26. The van der Waals surface area contributed by atoms with Crippen LogP contribution in [0.4, 0.5) is 0 Å². The van der Waals surface area contributed by atoms with E-state index in [2.05, 4.69) is 17.7 Å². The SMILES string of the molecule is O=C(O)Cn1c([S])n[nH]c(=O)c1=O. The molecule has 0 saturated heterocycles. The predicted octanol–water partition coefficient (Wildman–Crippen LogP) is -1.43. The van der Waals surface area contributed by atoms with Gasteiger partial charge in [-0.1, -0.05) is 0 Å². The third-order valence-electron chi connectivity index (χ3n) is 1.22. The van der Waals surface area contributed by atoms with Crippen LogP contribution in [0.5, 0.6) is 0 Å². The molecule has 0 aliphatic heterocycles. The van der Waals surface area contributed by atoms with Gasteiger partial charge in [-0.3, -0.25) is 19.0 Å². The summed E-state index contributed by atoms with van der Waals surface area (Å²) < 4.78 is 0.608. The summed E-state index contributed by atoms with van der Waals surface area (Å²) in [6, 6.07) is 0. The van der Waals surface area contributed by atoms with Crippen LogP contribution in [0.15, 0.2) is 14.7 Å². The Morgan fingerprint density at radius 1 is 1.62 bits per heavy atom. The quantitative estimate of drug-likeness (QED) is 0.572. The highest BCUT2D eigenvalue weighted by Crippen LogP contribution is 1.93. The normalized spacial score (nSPS) is 9.85. The van der Waals surface area contributed by atoms with Crippen molar-refractivity contribution in [2.45, 2.75) is 11.7 Å². The van der Waals surface area contributed by atoms with Gasteiger partial charge in [0.25, 0.3) is 0 Å². The topological polar surface area (TPSA) is 105 Å². The summed E-state index contributed by atoms with van der Waals surface area (Å²) in [4.78, 5) is 31.9. The number of hydrogen-bond donors (Lipinski definition) is 2. The third-order valence-corrected chi connectivity index (χ3v) is 1.53. The van der Waals surface area contributed by atoms with E-state index in [-0.39, 0.29) is 5.16 Å². The van der Waals surface area contributed by atoms with Gasteiger partial charge in [0.1, 0.15) is 6.54 Å². The van der Waals surface area contributed by atoms with E-state index in [9.17, 15) is 14.4 Å². The summed E-state index contributed by atoms with van der Waals surface area (Å²) in [7, 11) is 0. The molecule has 0 unspecified atom stereocenters. The van der Waals surface area contributed by atoms with Crippen LogP contribution in [0.1, 0.15) is 0 Å².